The number of amides is 4. The first-order valence-corrected chi connectivity index (χ1v) is 5.88. The van der Waals surface area contributed by atoms with Gasteiger partial charge in [0.1, 0.15) is 0 Å². The number of rotatable bonds is 2. The molecule has 0 saturated carbocycles. The van der Waals surface area contributed by atoms with E-state index in [1.165, 1.54) is 7.05 Å². The quantitative estimate of drug-likeness (QED) is 0.501. The number of nitrogen functional groups attached to an aromatic ring is 1. The molecule has 94 valence electrons. The lowest BCUT2D eigenvalue weighted by molar-refractivity contribution is -0.143. The van der Waals surface area contributed by atoms with Crippen LogP contribution in [0.3, 0.4) is 0 Å². The van der Waals surface area contributed by atoms with Gasteiger partial charge >= 0.3 is 17.8 Å². The number of anilines is 1. The third-order valence-corrected chi connectivity index (χ3v) is 3.39. The Balaban J connectivity index is 2.27. The zero-order valence-corrected chi connectivity index (χ0v) is 11.1. The number of nitrogens with zero attached hydrogens (tertiary/aromatic N) is 2. The molecule has 1 aliphatic heterocycles. The molecule has 0 aromatic heterocycles. The van der Waals surface area contributed by atoms with Crippen molar-refractivity contribution < 1.29 is 14.4 Å². The van der Waals surface area contributed by atoms with Crippen LogP contribution < -0.4 is 5.73 Å². The number of nitrogens with two attached hydrogens (primary N) is 1. The molecule has 1 aromatic carbocycles. The maximum absolute atomic E-state index is 11.7. The van der Waals surface area contributed by atoms with Crippen molar-refractivity contribution in [2.45, 2.75) is 6.54 Å². The Morgan fingerprint density at radius 3 is 2.39 bits per heavy atom. The fourth-order valence-electron chi connectivity index (χ4n) is 1.62. The lowest BCUT2D eigenvalue weighted by Gasteiger charge is -2.14. The molecule has 6 nitrogen and oxygen atoms in total. The van der Waals surface area contributed by atoms with E-state index in [2.05, 4.69) is 15.9 Å². The number of halogens is 1. The summed E-state index contributed by atoms with van der Waals surface area (Å²) in [5.74, 6) is -1.63. The molecule has 4 amide bonds. The maximum atomic E-state index is 11.7. The van der Waals surface area contributed by atoms with Crippen molar-refractivity contribution in [2.24, 2.45) is 0 Å². The minimum absolute atomic E-state index is 0.0363. The summed E-state index contributed by atoms with van der Waals surface area (Å²) >= 11 is 3.30. The zero-order chi connectivity index (χ0) is 13.4. The summed E-state index contributed by atoms with van der Waals surface area (Å²) in [7, 11) is 1.28. The summed E-state index contributed by atoms with van der Waals surface area (Å²) in [6.07, 6.45) is 0. The first-order valence-electron chi connectivity index (χ1n) is 5.09. The molecule has 1 heterocycles. The highest BCUT2D eigenvalue weighted by Gasteiger charge is 2.42. The number of benzene rings is 1. The highest BCUT2D eigenvalue weighted by molar-refractivity contribution is 9.10. The van der Waals surface area contributed by atoms with E-state index in [4.69, 9.17) is 5.73 Å². The second kappa shape index (κ2) is 4.41. The summed E-state index contributed by atoms with van der Waals surface area (Å²) in [4.78, 5) is 36.3. The van der Waals surface area contributed by atoms with Crippen molar-refractivity contribution in [1.82, 2.24) is 9.80 Å². The standard InChI is InChI=1S/C11H10BrN3O3/c1-14-9(16)10(17)15(11(14)18)5-6-2-3-7(13)4-8(6)12/h2-4H,5,13H2,1H3. The molecule has 18 heavy (non-hydrogen) atoms. The Kier molecular flexibility index (Phi) is 3.08. The van der Waals surface area contributed by atoms with Crippen molar-refractivity contribution >= 4 is 39.5 Å². The van der Waals surface area contributed by atoms with E-state index >= 15 is 0 Å². The third kappa shape index (κ3) is 1.97. The van der Waals surface area contributed by atoms with Crippen LogP contribution >= 0.6 is 15.9 Å². The molecular formula is C11H10BrN3O3. The van der Waals surface area contributed by atoms with E-state index in [1.54, 1.807) is 18.2 Å². The lowest BCUT2D eigenvalue weighted by Crippen LogP contribution is -2.31. The predicted octanol–water partition coefficient (Wildman–Crippen LogP) is 0.952. The van der Waals surface area contributed by atoms with E-state index in [0.717, 1.165) is 9.80 Å². The van der Waals surface area contributed by atoms with Gasteiger partial charge in [-0.15, -0.1) is 0 Å². The molecule has 1 aromatic rings. The van der Waals surface area contributed by atoms with Gasteiger partial charge in [0.2, 0.25) is 0 Å². The van der Waals surface area contributed by atoms with Gasteiger partial charge in [-0.1, -0.05) is 22.0 Å². The number of hydrogen-bond acceptors (Lipinski definition) is 4. The van der Waals surface area contributed by atoms with Crippen LogP contribution in [0.25, 0.3) is 0 Å². The van der Waals surface area contributed by atoms with Gasteiger partial charge in [0.15, 0.2) is 0 Å². The largest absolute Gasteiger partial charge is 0.399 e. The summed E-state index contributed by atoms with van der Waals surface area (Å²) in [6, 6.07) is 4.42. The normalized spacial score (nSPS) is 15.8. The zero-order valence-electron chi connectivity index (χ0n) is 9.51. The van der Waals surface area contributed by atoms with Crippen LogP contribution in [-0.2, 0) is 16.1 Å². The second-order valence-electron chi connectivity index (χ2n) is 3.89. The molecule has 0 atom stereocenters. The molecule has 7 heteroatoms. The maximum Gasteiger partial charge on any atom is 0.334 e. The van der Waals surface area contributed by atoms with Gasteiger partial charge in [-0.25, -0.2) is 4.79 Å². The van der Waals surface area contributed by atoms with Crippen molar-refractivity contribution in [3.8, 4) is 0 Å². The molecular weight excluding hydrogens is 302 g/mol. The van der Waals surface area contributed by atoms with E-state index in [1.807, 2.05) is 0 Å². The molecule has 1 aliphatic rings. The number of imide groups is 2. The van der Waals surface area contributed by atoms with Gasteiger partial charge in [0, 0.05) is 17.2 Å². The van der Waals surface area contributed by atoms with Crippen LogP contribution in [0.2, 0.25) is 0 Å². The Bertz CT molecular complexity index is 558. The molecule has 0 radical (unpaired) electrons. The summed E-state index contributed by atoms with van der Waals surface area (Å²) in [5.41, 5.74) is 6.86. The van der Waals surface area contributed by atoms with Gasteiger partial charge in [0.25, 0.3) is 0 Å². The minimum atomic E-state index is -0.814. The predicted molar refractivity (Wildman–Crippen MR) is 67.3 cm³/mol. The molecule has 2 N–H and O–H groups in total. The average Bonchev–Trinajstić information content (AvgIpc) is 2.50. The topological polar surface area (TPSA) is 83.7 Å². The number of hydrogen-bond donors (Lipinski definition) is 1. The molecule has 0 aliphatic carbocycles. The number of carbonyl (C=O) groups is 3. The summed E-state index contributed by atoms with van der Waals surface area (Å²) in [6.45, 7) is 0.0363. The lowest BCUT2D eigenvalue weighted by atomic mass is 10.2. The molecule has 1 fully saturated rings. The van der Waals surface area contributed by atoms with Crippen molar-refractivity contribution in [3.63, 3.8) is 0 Å². The van der Waals surface area contributed by atoms with Crippen molar-refractivity contribution in [1.29, 1.82) is 0 Å². The molecule has 0 bridgehead atoms. The summed E-state index contributed by atoms with van der Waals surface area (Å²) < 4.78 is 0.685. The van der Waals surface area contributed by atoms with E-state index in [0.29, 0.717) is 15.7 Å². The fraction of sp³-hybridized carbons (Fsp3) is 0.182. The monoisotopic (exact) mass is 311 g/mol. The SMILES string of the molecule is CN1C(=O)C(=O)N(Cc2ccc(N)cc2Br)C1=O. The van der Waals surface area contributed by atoms with Crippen LogP contribution in [0.1, 0.15) is 5.56 Å². The van der Waals surface area contributed by atoms with Crippen LogP contribution in [0.15, 0.2) is 22.7 Å². The van der Waals surface area contributed by atoms with Crippen molar-refractivity contribution in [3.05, 3.63) is 28.2 Å². The number of carbonyl (C=O) groups excluding carboxylic acids is 3. The summed E-state index contributed by atoms with van der Waals surface area (Å²) in [5, 5.41) is 0. The fourth-order valence-corrected chi connectivity index (χ4v) is 2.14. The number of likely N-dealkylation sites (N-methyl/N-ethyl adjacent to an activating group) is 1. The first kappa shape index (κ1) is 12.6. The Morgan fingerprint density at radius 2 is 1.89 bits per heavy atom. The average molecular weight is 312 g/mol. The Morgan fingerprint density at radius 1 is 1.22 bits per heavy atom. The van der Waals surface area contributed by atoms with Crippen molar-refractivity contribution in [2.75, 3.05) is 12.8 Å². The van der Waals surface area contributed by atoms with Gasteiger partial charge in [0.05, 0.1) is 6.54 Å². The highest BCUT2D eigenvalue weighted by atomic mass is 79.9. The highest BCUT2D eigenvalue weighted by Crippen LogP contribution is 2.23. The third-order valence-electron chi connectivity index (χ3n) is 2.66. The smallest absolute Gasteiger partial charge is 0.334 e. The van der Waals surface area contributed by atoms with Gasteiger partial charge < -0.3 is 5.73 Å². The molecule has 0 spiro atoms. The van der Waals surface area contributed by atoms with E-state index in [9.17, 15) is 14.4 Å². The first-order chi connectivity index (χ1) is 8.41. The van der Waals surface area contributed by atoms with Crippen LogP contribution in [-0.4, -0.2) is 34.7 Å². The van der Waals surface area contributed by atoms with Gasteiger partial charge in [-0.3, -0.25) is 19.4 Å². The minimum Gasteiger partial charge on any atom is -0.399 e. The van der Waals surface area contributed by atoms with Gasteiger partial charge in [-0.05, 0) is 17.7 Å². The molecule has 2 rings (SSSR count). The molecule has 0 unspecified atom stereocenters. The second-order valence-corrected chi connectivity index (χ2v) is 4.74. The van der Waals surface area contributed by atoms with E-state index in [-0.39, 0.29) is 6.54 Å². The Hall–Kier alpha value is -1.89. The number of urea groups is 1. The van der Waals surface area contributed by atoms with E-state index < -0.39 is 17.8 Å². The van der Waals surface area contributed by atoms with Crippen LogP contribution in [0.4, 0.5) is 10.5 Å². The van der Waals surface area contributed by atoms with Crippen LogP contribution in [0.5, 0.6) is 0 Å². The Labute approximate surface area is 111 Å². The van der Waals surface area contributed by atoms with Crippen LogP contribution in [0, 0.1) is 0 Å². The van der Waals surface area contributed by atoms with Gasteiger partial charge in [-0.2, -0.15) is 0 Å². The molecule has 1 saturated heterocycles.